The van der Waals surface area contributed by atoms with Gasteiger partial charge in [0, 0.05) is 12.7 Å². The first-order valence-corrected chi connectivity index (χ1v) is 7.71. The molecule has 1 N–H and O–H groups in total. The van der Waals surface area contributed by atoms with E-state index >= 15 is 0 Å². The second-order valence-corrected chi connectivity index (χ2v) is 5.55. The van der Waals surface area contributed by atoms with Crippen LogP contribution in [0.25, 0.3) is 0 Å². The number of carbonyl (C=O) groups excluding carboxylic acids is 1. The van der Waals surface area contributed by atoms with Gasteiger partial charge in [-0.1, -0.05) is 13.8 Å². The van der Waals surface area contributed by atoms with Crippen LogP contribution < -0.4 is 5.32 Å². The third kappa shape index (κ3) is 3.39. The molecule has 0 bridgehead atoms. The molecule has 20 heavy (non-hydrogen) atoms. The smallest absolute Gasteiger partial charge is 0.239 e. The van der Waals surface area contributed by atoms with Crippen LogP contribution in [0.4, 0.5) is 0 Å². The Morgan fingerprint density at radius 2 is 2.20 bits per heavy atom. The van der Waals surface area contributed by atoms with Gasteiger partial charge in [0.2, 0.25) is 5.91 Å². The third-order valence-corrected chi connectivity index (χ3v) is 4.07. The van der Waals surface area contributed by atoms with Gasteiger partial charge < -0.3 is 10.2 Å². The first kappa shape index (κ1) is 15.0. The molecule has 1 fully saturated rings. The van der Waals surface area contributed by atoms with Gasteiger partial charge in [0.05, 0.1) is 24.3 Å². The van der Waals surface area contributed by atoms with Gasteiger partial charge in [-0.15, -0.1) is 0 Å². The molecule has 0 spiro atoms. The highest BCUT2D eigenvalue weighted by atomic mass is 16.2. The highest BCUT2D eigenvalue weighted by molar-refractivity contribution is 5.81. The lowest BCUT2D eigenvalue weighted by Crippen LogP contribution is -2.41. The molecule has 0 aliphatic carbocycles. The minimum absolute atomic E-state index is 0.0846. The number of hydrogen-bond donors (Lipinski definition) is 1. The lowest BCUT2D eigenvalue weighted by molar-refractivity contribution is -0.132. The minimum atomic E-state index is -0.0846. The van der Waals surface area contributed by atoms with E-state index in [-0.39, 0.29) is 11.9 Å². The van der Waals surface area contributed by atoms with Crippen molar-refractivity contribution < 1.29 is 4.79 Å². The lowest BCUT2D eigenvalue weighted by atomic mass is 10.2. The maximum absolute atomic E-state index is 12.2. The zero-order chi connectivity index (χ0) is 14.5. The number of amides is 1. The van der Waals surface area contributed by atoms with Crippen LogP contribution in [0.3, 0.4) is 0 Å². The van der Waals surface area contributed by atoms with Gasteiger partial charge in [-0.25, -0.2) is 0 Å². The molecule has 0 saturated carbocycles. The Kier molecular flexibility index (Phi) is 5.17. The summed E-state index contributed by atoms with van der Waals surface area (Å²) < 4.78 is 2.04. The Hall–Kier alpha value is -1.36. The normalized spacial score (nSPS) is 20.5. The van der Waals surface area contributed by atoms with E-state index in [1.807, 2.05) is 28.8 Å². The zero-order valence-electron chi connectivity index (χ0n) is 12.8. The van der Waals surface area contributed by atoms with E-state index in [2.05, 4.69) is 24.3 Å². The van der Waals surface area contributed by atoms with Crippen molar-refractivity contribution in [2.24, 2.45) is 0 Å². The van der Waals surface area contributed by atoms with Crippen molar-refractivity contribution in [3.05, 3.63) is 18.0 Å². The summed E-state index contributed by atoms with van der Waals surface area (Å²) >= 11 is 0. The van der Waals surface area contributed by atoms with Crippen LogP contribution in [0.1, 0.15) is 51.8 Å². The third-order valence-electron chi connectivity index (χ3n) is 4.07. The maximum Gasteiger partial charge on any atom is 0.239 e. The van der Waals surface area contributed by atoms with Gasteiger partial charge in [0.25, 0.3) is 0 Å². The molecule has 1 saturated heterocycles. The van der Waals surface area contributed by atoms with E-state index in [0.717, 1.165) is 38.0 Å². The van der Waals surface area contributed by atoms with Crippen molar-refractivity contribution in [3.8, 4) is 0 Å². The molecular formula is C15H26N4O. The summed E-state index contributed by atoms with van der Waals surface area (Å²) in [6, 6.07) is 2.41. The van der Waals surface area contributed by atoms with Crippen molar-refractivity contribution in [2.75, 3.05) is 13.1 Å². The van der Waals surface area contributed by atoms with Gasteiger partial charge >= 0.3 is 0 Å². The zero-order valence-corrected chi connectivity index (χ0v) is 12.8. The van der Waals surface area contributed by atoms with Gasteiger partial charge in [-0.2, -0.15) is 5.10 Å². The van der Waals surface area contributed by atoms with Crippen LogP contribution in [0, 0.1) is 0 Å². The summed E-state index contributed by atoms with van der Waals surface area (Å²) in [6.07, 6.45) is 5.21. The van der Waals surface area contributed by atoms with Crippen LogP contribution in [0.15, 0.2) is 12.3 Å². The quantitative estimate of drug-likeness (QED) is 0.895. The lowest BCUT2D eigenvalue weighted by Gasteiger charge is -2.21. The molecule has 5 nitrogen and oxygen atoms in total. The summed E-state index contributed by atoms with van der Waals surface area (Å²) in [5.74, 6) is 0.180. The molecule has 1 aromatic heterocycles. The number of carbonyl (C=O) groups is 1. The average molecular weight is 278 g/mol. The molecular weight excluding hydrogens is 252 g/mol. The van der Waals surface area contributed by atoms with E-state index in [9.17, 15) is 4.79 Å². The summed E-state index contributed by atoms with van der Waals surface area (Å²) in [4.78, 5) is 14.2. The largest absolute Gasteiger partial charge is 0.335 e. The van der Waals surface area contributed by atoms with E-state index in [0.29, 0.717) is 12.6 Å². The summed E-state index contributed by atoms with van der Waals surface area (Å²) in [7, 11) is 0. The van der Waals surface area contributed by atoms with Crippen LogP contribution in [0.2, 0.25) is 0 Å². The van der Waals surface area contributed by atoms with E-state index < -0.39 is 0 Å². The number of aromatic nitrogens is 2. The Labute approximate surface area is 121 Å². The summed E-state index contributed by atoms with van der Waals surface area (Å²) in [5, 5.41) is 7.87. The first-order chi connectivity index (χ1) is 9.65. The molecule has 1 unspecified atom stereocenters. The molecule has 1 atom stereocenters. The fourth-order valence-electron chi connectivity index (χ4n) is 2.74. The predicted molar refractivity (Wildman–Crippen MR) is 79.3 cm³/mol. The van der Waals surface area contributed by atoms with Crippen LogP contribution in [-0.4, -0.2) is 39.7 Å². The van der Waals surface area contributed by atoms with E-state index in [4.69, 9.17) is 0 Å². The summed E-state index contributed by atoms with van der Waals surface area (Å²) in [6.45, 7) is 8.64. The molecule has 2 heterocycles. The number of nitrogens with zero attached hydrogens (tertiary/aromatic N) is 3. The second kappa shape index (κ2) is 6.88. The molecule has 1 amide bonds. The van der Waals surface area contributed by atoms with E-state index in [1.54, 1.807) is 0 Å². The topological polar surface area (TPSA) is 50.2 Å². The Balaban J connectivity index is 2.03. The predicted octanol–water partition coefficient (Wildman–Crippen LogP) is 1.95. The second-order valence-electron chi connectivity index (χ2n) is 5.55. The average Bonchev–Trinajstić information content (AvgIpc) is 2.84. The molecule has 1 aliphatic heterocycles. The maximum atomic E-state index is 12.2. The number of rotatable bonds is 5. The monoisotopic (exact) mass is 278 g/mol. The highest BCUT2D eigenvalue weighted by Gasteiger charge is 2.23. The van der Waals surface area contributed by atoms with E-state index in [1.165, 1.54) is 0 Å². The van der Waals surface area contributed by atoms with Crippen molar-refractivity contribution in [2.45, 2.75) is 58.7 Å². The van der Waals surface area contributed by atoms with Gasteiger partial charge in [-0.05, 0) is 38.8 Å². The molecule has 1 aliphatic rings. The SMILES string of the molecule is CCC(CC)n1ccc(CN2CCCNC(C)C2=O)n1. The van der Waals surface area contributed by atoms with Crippen molar-refractivity contribution >= 4 is 5.91 Å². The fourth-order valence-corrected chi connectivity index (χ4v) is 2.74. The Morgan fingerprint density at radius 1 is 1.45 bits per heavy atom. The van der Waals surface area contributed by atoms with Crippen LogP contribution >= 0.6 is 0 Å². The number of nitrogens with one attached hydrogen (secondary N) is 1. The van der Waals surface area contributed by atoms with Crippen molar-refractivity contribution in [1.82, 2.24) is 20.0 Å². The van der Waals surface area contributed by atoms with Crippen molar-refractivity contribution in [1.29, 1.82) is 0 Å². The van der Waals surface area contributed by atoms with Crippen molar-refractivity contribution in [3.63, 3.8) is 0 Å². The number of hydrogen-bond acceptors (Lipinski definition) is 3. The molecule has 0 radical (unpaired) electrons. The molecule has 1 aromatic rings. The van der Waals surface area contributed by atoms with Crippen LogP contribution in [0.5, 0.6) is 0 Å². The first-order valence-electron chi connectivity index (χ1n) is 7.71. The molecule has 112 valence electrons. The summed E-state index contributed by atoms with van der Waals surface area (Å²) in [5.41, 5.74) is 0.986. The van der Waals surface area contributed by atoms with Gasteiger partial charge in [0.1, 0.15) is 0 Å². The molecule has 5 heteroatoms. The fraction of sp³-hybridized carbons (Fsp3) is 0.733. The standard InChI is InChI=1S/C15H26N4O/c1-4-14(5-2)19-10-7-13(17-19)11-18-9-6-8-16-12(3)15(18)20/h7,10,12,14,16H,4-6,8-9,11H2,1-3H3. The highest BCUT2D eigenvalue weighted by Crippen LogP contribution is 2.15. The van der Waals surface area contributed by atoms with Gasteiger partial charge in [-0.3, -0.25) is 9.48 Å². The Morgan fingerprint density at radius 3 is 2.90 bits per heavy atom. The molecule has 0 aromatic carbocycles. The minimum Gasteiger partial charge on any atom is -0.335 e. The molecule has 2 rings (SSSR count). The Bertz CT molecular complexity index is 439. The van der Waals surface area contributed by atoms with Crippen LogP contribution in [-0.2, 0) is 11.3 Å². The van der Waals surface area contributed by atoms with Gasteiger partial charge in [0.15, 0.2) is 0 Å².